The molecule has 0 aromatic heterocycles. The van der Waals surface area contributed by atoms with Crippen LogP contribution in [0.4, 0.5) is 4.39 Å². The second-order valence-electron chi connectivity index (χ2n) is 9.57. The van der Waals surface area contributed by atoms with Crippen LogP contribution in [0.1, 0.15) is 56.9 Å². The molecular weight excluding hydrogens is 407 g/mol. The molecule has 1 aliphatic carbocycles. The molecule has 0 bridgehead atoms. The fourth-order valence-corrected chi connectivity index (χ4v) is 5.46. The molecular formula is C25H37FN4O2. The van der Waals surface area contributed by atoms with Crippen molar-refractivity contribution in [3.63, 3.8) is 0 Å². The Labute approximate surface area is 191 Å². The smallest absolute Gasteiger partial charge is 0.225 e. The molecule has 3 fully saturated rings. The number of benzene rings is 1. The average Bonchev–Trinajstić information content (AvgIpc) is 3.31. The van der Waals surface area contributed by atoms with Gasteiger partial charge in [-0.1, -0.05) is 31.4 Å². The molecule has 1 atom stereocenters. The maximum Gasteiger partial charge on any atom is 0.225 e. The summed E-state index contributed by atoms with van der Waals surface area (Å²) in [6.07, 6.45) is 8.44. The number of nitrogens with zero attached hydrogens (tertiary/aromatic N) is 2. The van der Waals surface area contributed by atoms with Crippen LogP contribution in [-0.2, 0) is 14.9 Å². The van der Waals surface area contributed by atoms with Gasteiger partial charge in [0.25, 0.3) is 0 Å². The molecule has 1 aromatic rings. The Hall–Kier alpha value is -2.15. The highest BCUT2D eigenvalue weighted by Gasteiger charge is 2.35. The molecule has 1 amide bonds. The summed E-state index contributed by atoms with van der Waals surface area (Å²) in [6.45, 7) is 3.67. The van der Waals surface area contributed by atoms with Crippen LogP contribution >= 0.6 is 0 Å². The monoisotopic (exact) mass is 444 g/mol. The Kier molecular flexibility index (Phi) is 7.66. The number of likely N-dealkylation sites (tertiary alicyclic amines) is 1. The van der Waals surface area contributed by atoms with Gasteiger partial charge in [-0.05, 0) is 49.8 Å². The average molecular weight is 445 g/mol. The fraction of sp³-hybridized carbons (Fsp3) is 0.680. The van der Waals surface area contributed by atoms with Crippen LogP contribution in [0.5, 0.6) is 0 Å². The number of aliphatic imine (C=N–C) groups is 1. The molecule has 3 aliphatic rings. The predicted octanol–water partition coefficient (Wildman–Crippen LogP) is 3.22. The number of amides is 1. The van der Waals surface area contributed by atoms with Gasteiger partial charge in [0.1, 0.15) is 5.82 Å². The molecule has 1 saturated carbocycles. The molecule has 1 unspecified atom stereocenters. The summed E-state index contributed by atoms with van der Waals surface area (Å²) >= 11 is 0. The lowest BCUT2D eigenvalue weighted by Gasteiger charge is -2.38. The van der Waals surface area contributed by atoms with Crippen molar-refractivity contribution in [2.75, 3.05) is 39.9 Å². The maximum atomic E-state index is 13.5. The Morgan fingerprint density at radius 2 is 1.88 bits per heavy atom. The van der Waals surface area contributed by atoms with Crippen molar-refractivity contribution in [2.24, 2.45) is 10.9 Å². The van der Waals surface area contributed by atoms with Crippen molar-refractivity contribution < 1.29 is 13.9 Å². The van der Waals surface area contributed by atoms with E-state index in [1.165, 1.54) is 31.4 Å². The van der Waals surface area contributed by atoms with E-state index >= 15 is 0 Å². The first kappa shape index (κ1) is 23.0. The molecule has 2 saturated heterocycles. The van der Waals surface area contributed by atoms with E-state index in [0.29, 0.717) is 25.7 Å². The summed E-state index contributed by atoms with van der Waals surface area (Å²) in [5.41, 5.74) is 1.03. The van der Waals surface area contributed by atoms with Gasteiger partial charge in [0.05, 0.1) is 0 Å². The standard InChI is InChI=1S/C25H37FN4O2/c1-27-24(29-22-11-14-30(17-22)23(31)19-5-3-2-4-6-19)28-18-25(12-15-32-16-13-25)20-7-9-21(26)10-8-20/h7-10,19,22H,2-6,11-18H2,1H3,(H2,27,28,29). The first-order valence-electron chi connectivity index (χ1n) is 12.2. The van der Waals surface area contributed by atoms with Crippen LogP contribution in [0.3, 0.4) is 0 Å². The lowest BCUT2D eigenvalue weighted by molar-refractivity contribution is -0.135. The topological polar surface area (TPSA) is 66.0 Å². The van der Waals surface area contributed by atoms with Crippen molar-refractivity contribution in [2.45, 2.75) is 62.8 Å². The lowest BCUT2D eigenvalue weighted by Crippen LogP contribution is -2.50. The largest absolute Gasteiger partial charge is 0.381 e. The molecule has 0 radical (unpaired) electrons. The summed E-state index contributed by atoms with van der Waals surface area (Å²) < 4.78 is 19.1. The molecule has 2 N–H and O–H groups in total. The van der Waals surface area contributed by atoms with E-state index in [1.807, 2.05) is 17.0 Å². The number of ether oxygens (including phenoxy) is 1. The number of hydrogen-bond donors (Lipinski definition) is 2. The Morgan fingerprint density at radius 3 is 2.56 bits per heavy atom. The predicted molar refractivity (Wildman–Crippen MR) is 124 cm³/mol. The molecule has 4 rings (SSSR count). The van der Waals surface area contributed by atoms with E-state index in [9.17, 15) is 9.18 Å². The number of hydrogen-bond acceptors (Lipinski definition) is 3. The van der Waals surface area contributed by atoms with Crippen LogP contribution in [0.25, 0.3) is 0 Å². The second kappa shape index (κ2) is 10.6. The zero-order valence-electron chi connectivity index (χ0n) is 19.2. The van der Waals surface area contributed by atoms with Gasteiger partial charge >= 0.3 is 0 Å². The van der Waals surface area contributed by atoms with Crippen LogP contribution in [-0.4, -0.2) is 62.7 Å². The Bertz CT molecular complexity index is 786. The van der Waals surface area contributed by atoms with Gasteiger partial charge in [0.2, 0.25) is 5.91 Å². The number of carbonyl (C=O) groups excluding carboxylic acids is 1. The SMILES string of the molecule is CN=C(NCC1(c2ccc(F)cc2)CCOCC1)NC1CCN(C(=O)C2CCCCC2)C1. The molecule has 32 heavy (non-hydrogen) atoms. The molecule has 2 heterocycles. The van der Waals surface area contributed by atoms with Crippen molar-refractivity contribution in [3.8, 4) is 0 Å². The number of halogens is 1. The van der Waals surface area contributed by atoms with Crippen molar-refractivity contribution in [1.82, 2.24) is 15.5 Å². The number of carbonyl (C=O) groups is 1. The summed E-state index contributed by atoms with van der Waals surface area (Å²) in [4.78, 5) is 19.3. The zero-order chi connectivity index (χ0) is 22.4. The van der Waals surface area contributed by atoms with Crippen LogP contribution in [0, 0.1) is 11.7 Å². The second-order valence-corrected chi connectivity index (χ2v) is 9.57. The van der Waals surface area contributed by atoms with Crippen molar-refractivity contribution in [1.29, 1.82) is 0 Å². The Morgan fingerprint density at radius 1 is 1.16 bits per heavy atom. The van der Waals surface area contributed by atoms with Crippen LogP contribution in [0.2, 0.25) is 0 Å². The van der Waals surface area contributed by atoms with E-state index in [2.05, 4.69) is 15.6 Å². The number of rotatable bonds is 5. The molecule has 6 nitrogen and oxygen atoms in total. The van der Waals surface area contributed by atoms with Gasteiger partial charge in [0.15, 0.2) is 5.96 Å². The number of guanidine groups is 1. The Balaban J connectivity index is 1.33. The van der Waals surface area contributed by atoms with E-state index in [1.54, 1.807) is 7.05 Å². The van der Waals surface area contributed by atoms with Crippen LogP contribution in [0.15, 0.2) is 29.3 Å². The van der Waals surface area contributed by atoms with Crippen molar-refractivity contribution in [3.05, 3.63) is 35.6 Å². The molecule has 2 aliphatic heterocycles. The fourth-order valence-electron chi connectivity index (χ4n) is 5.46. The highest BCUT2D eigenvalue weighted by atomic mass is 19.1. The quantitative estimate of drug-likeness (QED) is 0.541. The van der Waals surface area contributed by atoms with Gasteiger partial charge in [-0.25, -0.2) is 4.39 Å². The molecule has 1 aromatic carbocycles. The van der Waals surface area contributed by atoms with Gasteiger partial charge < -0.3 is 20.3 Å². The molecule has 0 spiro atoms. The highest BCUT2D eigenvalue weighted by Crippen LogP contribution is 2.34. The first-order valence-corrected chi connectivity index (χ1v) is 12.2. The lowest BCUT2D eigenvalue weighted by atomic mass is 9.74. The van der Waals surface area contributed by atoms with E-state index in [-0.39, 0.29) is 23.2 Å². The van der Waals surface area contributed by atoms with E-state index in [4.69, 9.17) is 4.74 Å². The van der Waals surface area contributed by atoms with Gasteiger partial charge in [-0.3, -0.25) is 9.79 Å². The zero-order valence-corrected chi connectivity index (χ0v) is 19.2. The highest BCUT2D eigenvalue weighted by molar-refractivity contribution is 5.81. The normalized spacial score (nSPS) is 24.4. The summed E-state index contributed by atoms with van der Waals surface area (Å²) in [5, 5.41) is 7.04. The first-order chi connectivity index (χ1) is 15.6. The minimum atomic E-state index is -0.213. The van der Waals surface area contributed by atoms with Gasteiger partial charge in [-0.2, -0.15) is 0 Å². The summed E-state index contributed by atoms with van der Waals surface area (Å²) in [6, 6.07) is 7.07. The summed E-state index contributed by atoms with van der Waals surface area (Å²) in [5.74, 6) is 1.11. The summed E-state index contributed by atoms with van der Waals surface area (Å²) in [7, 11) is 1.78. The van der Waals surface area contributed by atoms with Gasteiger partial charge in [-0.15, -0.1) is 0 Å². The maximum absolute atomic E-state index is 13.5. The molecule has 7 heteroatoms. The van der Waals surface area contributed by atoms with Gasteiger partial charge in [0, 0.05) is 57.3 Å². The third kappa shape index (κ3) is 5.42. The van der Waals surface area contributed by atoms with E-state index in [0.717, 1.165) is 56.7 Å². The third-order valence-electron chi connectivity index (χ3n) is 7.52. The van der Waals surface area contributed by atoms with E-state index < -0.39 is 0 Å². The third-order valence-corrected chi connectivity index (χ3v) is 7.52. The minimum absolute atomic E-state index is 0.109. The molecule has 176 valence electrons. The van der Waals surface area contributed by atoms with Crippen molar-refractivity contribution >= 4 is 11.9 Å². The minimum Gasteiger partial charge on any atom is -0.381 e. The van der Waals surface area contributed by atoms with Crippen LogP contribution < -0.4 is 10.6 Å². The number of nitrogens with one attached hydrogen (secondary N) is 2.